The van der Waals surface area contributed by atoms with Crippen molar-refractivity contribution in [3.63, 3.8) is 0 Å². The standard InChI is InChI=1S/C19H19N3O/c1-14-5-2-6-15(11-14)12-22-18(23)13-21-17-9-3-7-16-8-4-10-20-19(16)17/h2-11,21H,12-13H2,1H3,(H,22,23). The highest BCUT2D eigenvalue weighted by Gasteiger charge is 2.05. The molecule has 0 saturated carbocycles. The third-order valence-electron chi connectivity index (χ3n) is 3.64. The van der Waals surface area contributed by atoms with Crippen LogP contribution in [0.3, 0.4) is 0 Å². The van der Waals surface area contributed by atoms with Crippen LogP contribution in [0.2, 0.25) is 0 Å². The van der Waals surface area contributed by atoms with Crippen molar-refractivity contribution in [1.82, 2.24) is 10.3 Å². The summed E-state index contributed by atoms with van der Waals surface area (Å²) in [6, 6.07) is 17.9. The molecular formula is C19H19N3O. The van der Waals surface area contributed by atoms with Gasteiger partial charge in [0.25, 0.3) is 0 Å². The van der Waals surface area contributed by atoms with Crippen LogP contribution in [0.5, 0.6) is 0 Å². The van der Waals surface area contributed by atoms with Crippen molar-refractivity contribution in [2.75, 3.05) is 11.9 Å². The summed E-state index contributed by atoms with van der Waals surface area (Å²) in [6.07, 6.45) is 1.76. The molecule has 4 nitrogen and oxygen atoms in total. The molecule has 0 aliphatic heterocycles. The van der Waals surface area contributed by atoms with Crippen LogP contribution in [0, 0.1) is 6.92 Å². The number of aromatic nitrogens is 1. The number of aryl methyl sites for hydroxylation is 1. The van der Waals surface area contributed by atoms with Crippen molar-refractivity contribution in [3.05, 3.63) is 71.9 Å². The van der Waals surface area contributed by atoms with E-state index in [0.717, 1.165) is 22.2 Å². The van der Waals surface area contributed by atoms with Gasteiger partial charge in [0.15, 0.2) is 0 Å². The van der Waals surface area contributed by atoms with E-state index in [-0.39, 0.29) is 12.5 Å². The van der Waals surface area contributed by atoms with Crippen LogP contribution in [0.15, 0.2) is 60.8 Å². The molecule has 3 aromatic rings. The van der Waals surface area contributed by atoms with Gasteiger partial charge in [0.05, 0.1) is 17.7 Å². The average molecular weight is 305 g/mol. The number of amides is 1. The van der Waals surface area contributed by atoms with E-state index in [1.54, 1.807) is 6.20 Å². The van der Waals surface area contributed by atoms with Crippen molar-refractivity contribution < 1.29 is 4.79 Å². The Morgan fingerprint density at radius 1 is 1.09 bits per heavy atom. The molecule has 0 fully saturated rings. The van der Waals surface area contributed by atoms with E-state index >= 15 is 0 Å². The van der Waals surface area contributed by atoms with Crippen LogP contribution < -0.4 is 10.6 Å². The summed E-state index contributed by atoms with van der Waals surface area (Å²) in [6.45, 7) is 2.80. The number of nitrogens with zero attached hydrogens (tertiary/aromatic N) is 1. The summed E-state index contributed by atoms with van der Waals surface area (Å²) in [4.78, 5) is 16.4. The number of hydrogen-bond donors (Lipinski definition) is 2. The average Bonchev–Trinajstić information content (AvgIpc) is 2.58. The Morgan fingerprint density at radius 2 is 1.91 bits per heavy atom. The normalized spacial score (nSPS) is 10.5. The first-order valence-electron chi connectivity index (χ1n) is 7.62. The minimum absolute atomic E-state index is 0.0422. The Morgan fingerprint density at radius 3 is 2.78 bits per heavy atom. The van der Waals surface area contributed by atoms with Gasteiger partial charge in [-0.1, -0.05) is 48.0 Å². The van der Waals surface area contributed by atoms with E-state index in [2.05, 4.69) is 21.7 Å². The van der Waals surface area contributed by atoms with E-state index in [9.17, 15) is 4.79 Å². The van der Waals surface area contributed by atoms with Crippen molar-refractivity contribution >= 4 is 22.5 Å². The van der Waals surface area contributed by atoms with Gasteiger partial charge in [0.1, 0.15) is 0 Å². The molecule has 0 atom stereocenters. The number of para-hydroxylation sites is 1. The van der Waals surface area contributed by atoms with Crippen LogP contribution in [-0.4, -0.2) is 17.4 Å². The first-order chi connectivity index (χ1) is 11.2. The van der Waals surface area contributed by atoms with Crippen LogP contribution in [-0.2, 0) is 11.3 Å². The predicted octanol–water partition coefficient (Wildman–Crippen LogP) is 3.27. The van der Waals surface area contributed by atoms with E-state index < -0.39 is 0 Å². The SMILES string of the molecule is Cc1cccc(CNC(=O)CNc2cccc3cccnc23)c1. The maximum Gasteiger partial charge on any atom is 0.239 e. The molecule has 2 N–H and O–H groups in total. The smallest absolute Gasteiger partial charge is 0.239 e. The second kappa shape index (κ2) is 6.92. The Balaban J connectivity index is 1.58. The molecule has 2 aromatic carbocycles. The number of fused-ring (bicyclic) bond motifs is 1. The Kier molecular flexibility index (Phi) is 4.52. The fourth-order valence-electron chi connectivity index (χ4n) is 2.51. The largest absolute Gasteiger partial charge is 0.374 e. The van der Waals surface area contributed by atoms with Gasteiger partial charge < -0.3 is 10.6 Å². The molecule has 4 heteroatoms. The van der Waals surface area contributed by atoms with Crippen LogP contribution in [0.1, 0.15) is 11.1 Å². The minimum atomic E-state index is -0.0422. The fourth-order valence-corrected chi connectivity index (χ4v) is 2.51. The van der Waals surface area contributed by atoms with Gasteiger partial charge in [0.2, 0.25) is 5.91 Å². The molecule has 1 heterocycles. The molecular weight excluding hydrogens is 286 g/mol. The van der Waals surface area contributed by atoms with Gasteiger partial charge in [-0.2, -0.15) is 0 Å². The Hall–Kier alpha value is -2.88. The molecule has 0 saturated heterocycles. The molecule has 0 unspecified atom stereocenters. The summed E-state index contributed by atoms with van der Waals surface area (Å²) < 4.78 is 0. The van der Waals surface area contributed by atoms with Gasteiger partial charge in [-0.15, -0.1) is 0 Å². The molecule has 3 rings (SSSR count). The lowest BCUT2D eigenvalue weighted by molar-refractivity contribution is -0.119. The summed E-state index contributed by atoms with van der Waals surface area (Å²) >= 11 is 0. The molecule has 0 spiro atoms. The molecule has 0 bridgehead atoms. The lowest BCUT2D eigenvalue weighted by atomic mass is 10.1. The van der Waals surface area contributed by atoms with Gasteiger partial charge in [-0.25, -0.2) is 0 Å². The second-order valence-electron chi connectivity index (χ2n) is 5.50. The highest BCUT2D eigenvalue weighted by molar-refractivity contribution is 5.92. The van der Waals surface area contributed by atoms with E-state index in [1.807, 2.05) is 55.5 Å². The van der Waals surface area contributed by atoms with Crippen molar-refractivity contribution in [1.29, 1.82) is 0 Å². The number of carbonyl (C=O) groups is 1. The number of anilines is 1. The zero-order chi connectivity index (χ0) is 16.1. The molecule has 1 aromatic heterocycles. The summed E-state index contributed by atoms with van der Waals surface area (Å²) in [5.41, 5.74) is 4.04. The van der Waals surface area contributed by atoms with E-state index in [0.29, 0.717) is 6.54 Å². The minimum Gasteiger partial charge on any atom is -0.374 e. The highest BCUT2D eigenvalue weighted by atomic mass is 16.1. The third-order valence-corrected chi connectivity index (χ3v) is 3.64. The Labute approximate surface area is 135 Å². The summed E-state index contributed by atoms with van der Waals surface area (Å²) in [5.74, 6) is -0.0422. The first kappa shape index (κ1) is 15.0. The number of rotatable bonds is 5. The summed E-state index contributed by atoms with van der Waals surface area (Å²) in [7, 11) is 0. The predicted molar refractivity (Wildman–Crippen MR) is 93.3 cm³/mol. The lowest BCUT2D eigenvalue weighted by Gasteiger charge is -2.10. The van der Waals surface area contributed by atoms with Crippen LogP contribution in [0.4, 0.5) is 5.69 Å². The van der Waals surface area contributed by atoms with Crippen molar-refractivity contribution in [2.45, 2.75) is 13.5 Å². The van der Waals surface area contributed by atoms with Crippen molar-refractivity contribution in [3.8, 4) is 0 Å². The van der Waals surface area contributed by atoms with E-state index in [1.165, 1.54) is 5.56 Å². The maximum atomic E-state index is 12.0. The number of benzene rings is 2. The van der Waals surface area contributed by atoms with Crippen LogP contribution in [0.25, 0.3) is 10.9 Å². The third kappa shape index (κ3) is 3.86. The molecule has 0 radical (unpaired) electrons. The zero-order valence-corrected chi connectivity index (χ0v) is 13.0. The van der Waals surface area contributed by atoms with E-state index in [4.69, 9.17) is 0 Å². The first-order valence-corrected chi connectivity index (χ1v) is 7.62. The fraction of sp³-hybridized carbons (Fsp3) is 0.158. The van der Waals surface area contributed by atoms with Crippen molar-refractivity contribution in [2.24, 2.45) is 0 Å². The Bertz CT molecular complexity index is 824. The highest BCUT2D eigenvalue weighted by Crippen LogP contribution is 2.20. The van der Waals surface area contributed by atoms with Gasteiger partial charge >= 0.3 is 0 Å². The quantitative estimate of drug-likeness (QED) is 0.760. The van der Waals surface area contributed by atoms with Gasteiger partial charge in [-0.05, 0) is 24.6 Å². The molecule has 1 amide bonds. The number of hydrogen-bond acceptors (Lipinski definition) is 3. The van der Waals surface area contributed by atoms with Crippen LogP contribution >= 0.6 is 0 Å². The molecule has 0 aliphatic rings. The molecule has 116 valence electrons. The lowest BCUT2D eigenvalue weighted by Crippen LogP contribution is -2.29. The monoisotopic (exact) mass is 305 g/mol. The molecule has 0 aliphatic carbocycles. The second-order valence-corrected chi connectivity index (χ2v) is 5.50. The zero-order valence-electron chi connectivity index (χ0n) is 13.0. The van der Waals surface area contributed by atoms with Gasteiger partial charge in [0, 0.05) is 18.1 Å². The number of pyridine rings is 1. The topological polar surface area (TPSA) is 54.0 Å². The number of carbonyl (C=O) groups excluding carboxylic acids is 1. The maximum absolute atomic E-state index is 12.0. The van der Waals surface area contributed by atoms with Gasteiger partial charge in [-0.3, -0.25) is 9.78 Å². The number of nitrogens with one attached hydrogen (secondary N) is 2. The summed E-state index contributed by atoms with van der Waals surface area (Å²) in [5, 5.41) is 7.14. The molecule has 23 heavy (non-hydrogen) atoms.